The molecule has 0 saturated carbocycles. The van der Waals surface area contributed by atoms with E-state index in [9.17, 15) is 9.59 Å². The molecule has 1 heterocycles. The Morgan fingerprint density at radius 1 is 1.21 bits per heavy atom. The number of hydrogen-bond acceptors (Lipinski definition) is 4. The smallest absolute Gasteiger partial charge is 0.267 e. The molecule has 0 fully saturated rings. The van der Waals surface area contributed by atoms with Gasteiger partial charge < -0.3 is 0 Å². The molecule has 0 aliphatic heterocycles. The number of carbonyl (C=O) groups excluding carboxylic acids is 1. The summed E-state index contributed by atoms with van der Waals surface area (Å²) in [5, 5.41) is 9.12. The third kappa shape index (κ3) is 4.35. The van der Waals surface area contributed by atoms with Crippen LogP contribution >= 0.6 is 0 Å². The van der Waals surface area contributed by atoms with Crippen LogP contribution in [-0.4, -0.2) is 20.7 Å². The molecule has 6 nitrogen and oxygen atoms in total. The predicted molar refractivity (Wildman–Crippen MR) is 109 cm³/mol. The Labute approximate surface area is 163 Å². The summed E-state index contributed by atoms with van der Waals surface area (Å²) in [6.07, 6.45) is 3.53. The van der Waals surface area contributed by atoms with Gasteiger partial charge in [0.05, 0.1) is 10.9 Å². The highest BCUT2D eigenvalue weighted by Crippen LogP contribution is 2.18. The Bertz CT molecular complexity index is 1070. The molecule has 2 aromatic carbocycles. The van der Waals surface area contributed by atoms with Crippen LogP contribution < -0.4 is 11.0 Å². The summed E-state index contributed by atoms with van der Waals surface area (Å²) in [4.78, 5) is 29.0. The van der Waals surface area contributed by atoms with Gasteiger partial charge in [-0.25, -0.2) is 10.5 Å². The normalized spacial score (nSPS) is 11.4. The zero-order chi connectivity index (χ0) is 20.1. The number of carbonyl (C=O) groups is 1. The van der Waals surface area contributed by atoms with E-state index in [0.29, 0.717) is 17.4 Å². The summed E-state index contributed by atoms with van der Waals surface area (Å²) in [6.45, 7) is 4.60. The highest BCUT2D eigenvalue weighted by Gasteiger charge is 2.14. The van der Waals surface area contributed by atoms with Crippen molar-refractivity contribution in [3.8, 4) is 0 Å². The van der Waals surface area contributed by atoms with E-state index in [0.717, 1.165) is 17.8 Å². The average Bonchev–Trinajstić information content (AvgIpc) is 2.71. The second kappa shape index (κ2) is 8.63. The maximum atomic E-state index is 13.1. The largest absolute Gasteiger partial charge is 0.296 e. The molecule has 0 aliphatic carbocycles. The van der Waals surface area contributed by atoms with Gasteiger partial charge in [-0.3, -0.25) is 19.4 Å². The number of amides is 1. The first-order chi connectivity index (χ1) is 13.5. The number of aromatic nitrogens is 2. The quantitative estimate of drug-likeness (QED) is 0.392. The van der Waals surface area contributed by atoms with E-state index >= 15 is 0 Å². The molecule has 1 aromatic heterocycles. The Morgan fingerprint density at radius 3 is 2.64 bits per heavy atom. The van der Waals surface area contributed by atoms with Crippen LogP contribution in [-0.2, 0) is 17.8 Å². The standard InChI is InChI=1S/C22H23N3O3/c1-15(2)21-23-19-14-17(9-11-20(26)24-28)8-10-18(19)22(27)25(21)13-12-16-6-4-3-5-7-16/h3-11,14-15,28H,12-13H2,1-2H3,(H,24,26)/b11-9+. The van der Waals surface area contributed by atoms with Crippen molar-refractivity contribution in [3.63, 3.8) is 0 Å². The molecule has 28 heavy (non-hydrogen) atoms. The van der Waals surface area contributed by atoms with Crippen LogP contribution in [0.2, 0.25) is 0 Å². The summed E-state index contributed by atoms with van der Waals surface area (Å²) < 4.78 is 1.76. The van der Waals surface area contributed by atoms with Crippen molar-refractivity contribution in [1.82, 2.24) is 15.0 Å². The van der Waals surface area contributed by atoms with Crippen molar-refractivity contribution in [2.24, 2.45) is 0 Å². The van der Waals surface area contributed by atoms with Crippen LogP contribution in [0.4, 0.5) is 0 Å². The fourth-order valence-electron chi connectivity index (χ4n) is 3.11. The number of aryl methyl sites for hydroxylation is 1. The molecule has 0 saturated heterocycles. The molecule has 0 unspecified atom stereocenters. The molecule has 0 bridgehead atoms. The summed E-state index contributed by atoms with van der Waals surface area (Å²) in [5.41, 5.74) is 3.97. The Morgan fingerprint density at radius 2 is 1.96 bits per heavy atom. The zero-order valence-corrected chi connectivity index (χ0v) is 15.9. The van der Waals surface area contributed by atoms with Gasteiger partial charge in [0, 0.05) is 18.5 Å². The minimum atomic E-state index is -0.618. The first-order valence-corrected chi connectivity index (χ1v) is 9.20. The molecule has 144 valence electrons. The number of nitrogens with zero attached hydrogens (tertiary/aromatic N) is 2. The number of benzene rings is 2. The molecular formula is C22H23N3O3. The van der Waals surface area contributed by atoms with E-state index < -0.39 is 5.91 Å². The van der Waals surface area contributed by atoms with Gasteiger partial charge in [-0.1, -0.05) is 50.2 Å². The Balaban J connectivity index is 2.01. The van der Waals surface area contributed by atoms with Gasteiger partial charge in [0.1, 0.15) is 5.82 Å². The van der Waals surface area contributed by atoms with Crippen molar-refractivity contribution < 1.29 is 10.0 Å². The van der Waals surface area contributed by atoms with Crippen LogP contribution in [0.5, 0.6) is 0 Å². The summed E-state index contributed by atoms with van der Waals surface area (Å²) in [5.74, 6) is 0.210. The molecule has 2 N–H and O–H groups in total. The first-order valence-electron chi connectivity index (χ1n) is 9.20. The van der Waals surface area contributed by atoms with Crippen LogP contribution in [0.15, 0.2) is 59.4 Å². The molecule has 6 heteroatoms. The minimum Gasteiger partial charge on any atom is -0.296 e. The lowest BCUT2D eigenvalue weighted by atomic mass is 10.1. The maximum Gasteiger partial charge on any atom is 0.267 e. The zero-order valence-electron chi connectivity index (χ0n) is 15.9. The van der Waals surface area contributed by atoms with Gasteiger partial charge >= 0.3 is 0 Å². The van der Waals surface area contributed by atoms with E-state index in [-0.39, 0.29) is 11.5 Å². The maximum absolute atomic E-state index is 13.1. The summed E-state index contributed by atoms with van der Waals surface area (Å²) in [6, 6.07) is 15.3. The number of fused-ring (bicyclic) bond motifs is 1. The lowest BCUT2D eigenvalue weighted by molar-refractivity contribution is -0.124. The second-order valence-corrected chi connectivity index (χ2v) is 6.90. The van der Waals surface area contributed by atoms with Gasteiger partial charge in [-0.05, 0) is 35.8 Å². The van der Waals surface area contributed by atoms with E-state index in [1.165, 1.54) is 11.6 Å². The predicted octanol–water partition coefficient (Wildman–Crippen LogP) is 3.28. The fraction of sp³-hybridized carbons (Fsp3) is 0.227. The minimum absolute atomic E-state index is 0.0618. The van der Waals surface area contributed by atoms with Crippen molar-refractivity contribution >= 4 is 22.9 Å². The fourth-order valence-corrected chi connectivity index (χ4v) is 3.11. The van der Waals surface area contributed by atoms with Gasteiger partial charge in [0.25, 0.3) is 11.5 Å². The van der Waals surface area contributed by atoms with Crippen molar-refractivity contribution in [1.29, 1.82) is 0 Å². The third-order valence-electron chi connectivity index (χ3n) is 4.53. The molecule has 1 amide bonds. The Hall–Kier alpha value is -3.25. The third-order valence-corrected chi connectivity index (χ3v) is 4.53. The Kier molecular flexibility index (Phi) is 6.01. The molecule has 0 spiro atoms. The molecule has 3 rings (SSSR count). The molecule has 0 radical (unpaired) electrons. The molecule has 3 aromatic rings. The van der Waals surface area contributed by atoms with E-state index in [2.05, 4.69) is 12.1 Å². The second-order valence-electron chi connectivity index (χ2n) is 6.90. The van der Waals surface area contributed by atoms with Crippen LogP contribution in [0.25, 0.3) is 17.0 Å². The number of hydrogen-bond donors (Lipinski definition) is 2. The van der Waals surface area contributed by atoms with E-state index in [1.54, 1.807) is 34.3 Å². The van der Waals surface area contributed by atoms with Gasteiger partial charge in [0.2, 0.25) is 0 Å². The lowest BCUT2D eigenvalue weighted by Gasteiger charge is -2.16. The van der Waals surface area contributed by atoms with Crippen molar-refractivity contribution in [2.45, 2.75) is 32.7 Å². The van der Waals surface area contributed by atoms with Crippen molar-refractivity contribution in [2.75, 3.05) is 0 Å². The SMILES string of the molecule is CC(C)c1nc2cc(/C=C/C(=O)NO)ccc2c(=O)n1CCc1ccccc1. The van der Waals surface area contributed by atoms with Crippen LogP contribution in [0.3, 0.4) is 0 Å². The summed E-state index contributed by atoms with van der Waals surface area (Å²) in [7, 11) is 0. The molecule has 0 aliphatic rings. The molecule has 0 atom stereocenters. The number of nitrogens with one attached hydrogen (secondary N) is 1. The van der Waals surface area contributed by atoms with E-state index in [4.69, 9.17) is 10.2 Å². The lowest BCUT2D eigenvalue weighted by Crippen LogP contribution is -2.27. The first kappa shape index (κ1) is 19.5. The van der Waals surface area contributed by atoms with Crippen LogP contribution in [0, 0.1) is 0 Å². The van der Waals surface area contributed by atoms with Crippen LogP contribution in [0.1, 0.15) is 36.7 Å². The number of rotatable bonds is 6. The average molecular weight is 377 g/mol. The molecular weight excluding hydrogens is 354 g/mol. The van der Waals surface area contributed by atoms with E-state index in [1.807, 2.05) is 32.0 Å². The summed E-state index contributed by atoms with van der Waals surface area (Å²) >= 11 is 0. The topological polar surface area (TPSA) is 84.2 Å². The van der Waals surface area contributed by atoms with Gasteiger partial charge in [-0.2, -0.15) is 0 Å². The highest BCUT2D eigenvalue weighted by molar-refractivity contribution is 5.91. The number of hydroxylamine groups is 1. The highest BCUT2D eigenvalue weighted by atomic mass is 16.5. The van der Waals surface area contributed by atoms with Crippen molar-refractivity contribution in [3.05, 3.63) is 81.9 Å². The van der Waals surface area contributed by atoms with Gasteiger partial charge in [0.15, 0.2) is 0 Å². The van der Waals surface area contributed by atoms with Gasteiger partial charge in [-0.15, -0.1) is 0 Å². The monoisotopic (exact) mass is 377 g/mol.